The maximum atomic E-state index is 4.26. The molecule has 1 rings (SSSR count). The molecule has 0 saturated carbocycles. The lowest BCUT2D eigenvalue weighted by molar-refractivity contribution is 0.271. The molecule has 0 aliphatic heterocycles. The zero-order valence-corrected chi connectivity index (χ0v) is 17.3. The van der Waals surface area contributed by atoms with Gasteiger partial charge in [-0.05, 0) is 45.0 Å². The van der Waals surface area contributed by atoms with E-state index in [0.717, 1.165) is 37.7 Å². The zero-order chi connectivity index (χ0) is 16.2. The Morgan fingerprint density at radius 1 is 1.22 bits per heavy atom. The van der Waals surface area contributed by atoms with Gasteiger partial charge in [0.05, 0.1) is 12.2 Å². The van der Waals surface area contributed by atoms with E-state index in [-0.39, 0.29) is 24.0 Å². The summed E-state index contributed by atoms with van der Waals surface area (Å²) in [5.74, 6) is 0.846. The maximum absolute atomic E-state index is 4.26. The van der Waals surface area contributed by atoms with Gasteiger partial charge >= 0.3 is 0 Å². The van der Waals surface area contributed by atoms with Crippen LogP contribution < -0.4 is 10.6 Å². The first-order valence-electron chi connectivity index (χ1n) is 8.35. The molecule has 1 aromatic heterocycles. The molecule has 0 aliphatic rings. The molecule has 0 bridgehead atoms. The quantitative estimate of drug-likeness (QED) is 0.256. The second kappa shape index (κ2) is 13.6. The van der Waals surface area contributed by atoms with Gasteiger partial charge in [0.25, 0.3) is 0 Å². The van der Waals surface area contributed by atoms with Crippen LogP contribution in [0.15, 0.2) is 17.3 Å². The fraction of sp³-hybridized carbons (Fsp3) is 0.750. The Kier molecular flexibility index (Phi) is 13.1. The molecule has 0 aromatic carbocycles. The predicted octanol–water partition coefficient (Wildman–Crippen LogP) is 2.22. The summed E-state index contributed by atoms with van der Waals surface area (Å²) in [4.78, 5) is 6.79. The fourth-order valence-corrected chi connectivity index (χ4v) is 2.45. The van der Waals surface area contributed by atoms with Crippen LogP contribution in [0.2, 0.25) is 0 Å². The van der Waals surface area contributed by atoms with Crippen LogP contribution in [0.5, 0.6) is 0 Å². The second-order valence-corrected chi connectivity index (χ2v) is 5.49. The van der Waals surface area contributed by atoms with Crippen LogP contribution in [-0.4, -0.2) is 53.9 Å². The maximum Gasteiger partial charge on any atom is 0.191 e. The smallest absolute Gasteiger partial charge is 0.191 e. The van der Waals surface area contributed by atoms with E-state index in [2.05, 4.69) is 39.5 Å². The van der Waals surface area contributed by atoms with Gasteiger partial charge in [0.15, 0.2) is 5.96 Å². The highest BCUT2D eigenvalue weighted by atomic mass is 127. The zero-order valence-electron chi connectivity index (χ0n) is 15.0. The molecule has 6 nitrogen and oxygen atoms in total. The van der Waals surface area contributed by atoms with E-state index in [1.54, 1.807) is 7.05 Å². The molecule has 0 unspecified atom stereocenters. The van der Waals surface area contributed by atoms with E-state index in [4.69, 9.17) is 0 Å². The van der Waals surface area contributed by atoms with E-state index in [0.29, 0.717) is 0 Å². The first-order chi connectivity index (χ1) is 10.7. The van der Waals surface area contributed by atoms with Gasteiger partial charge < -0.3 is 15.5 Å². The highest BCUT2D eigenvalue weighted by Crippen LogP contribution is 1.96. The van der Waals surface area contributed by atoms with Gasteiger partial charge in [-0.2, -0.15) is 5.10 Å². The lowest BCUT2D eigenvalue weighted by atomic mass is 10.3. The minimum absolute atomic E-state index is 0. The Balaban J connectivity index is 0.00000484. The number of aliphatic imine (C=N–C) groups is 1. The molecule has 7 heteroatoms. The lowest BCUT2D eigenvalue weighted by Gasteiger charge is -2.21. The van der Waals surface area contributed by atoms with Gasteiger partial charge in [-0.1, -0.05) is 13.8 Å². The Morgan fingerprint density at radius 2 is 1.91 bits per heavy atom. The predicted molar refractivity (Wildman–Crippen MR) is 108 cm³/mol. The third-order valence-corrected chi connectivity index (χ3v) is 3.61. The molecule has 2 N–H and O–H groups in total. The molecule has 0 spiro atoms. The molecular weight excluding hydrogens is 403 g/mol. The third-order valence-electron chi connectivity index (χ3n) is 3.61. The summed E-state index contributed by atoms with van der Waals surface area (Å²) in [7, 11) is 3.75. The van der Waals surface area contributed by atoms with Crippen LogP contribution in [0.4, 0.5) is 0 Å². The van der Waals surface area contributed by atoms with Crippen molar-refractivity contribution in [3.05, 3.63) is 18.0 Å². The summed E-state index contributed by atoms with van der Waals surface area (Å²) < 4.78 is 1.87. The monoisotopic (exact) mass is 436 g/mol. The topological polar surface area (TPSA) is 57.5 Å². The van der Waals surface area contributed by atoms with Crippen molar-refractivity contribution in [3.8, 4) is 0 Å². The van der Waals surface area contributed by atoms with Crippen LogP contribution in [0.3, 0.4) is 0 Å². The molecule has 1 aromatic rings. The Hall–Kier alpha value is -0.830. The fourth-order valence-electron chi connectivity index (χ4n) is 2.45. The molecule has 134 valence electrons. The first kappa shape index (κ1) is 22.2. The molecule has 0 saturated heterocycles. The number of rotatable bonds is 10. The van der Waals surface area contributed by atoms with Gasteiger partial charge in [0.2, 0.25) is 0 Å². The highest BCUT2D eigenvalue weighted by Gasteiger charge is 2.03. The van der Waals surface area contributed by atoms with Crippen molar-refractivity contribution >= 4 is 29.9 Å². The van der Waals surface area contributed by atoms with Gasteiger partial charge in [-0.25, -0.2) is 0 Å². The Morgan fingerprint density at radius 3 is 2.43 bits per heavy atom. The van der Waals surface area contributed by atoms with Crippen molar-refractivity contribution in [2.24, 2.45) is 12.0 Å². The van der Waals surface area contributed by atoms with Gasteiger partial charge in [0, 0.05) is 26.8 Å². The summed E-state index contributed by atoms with van der Waals surface area (Å²) in [6, 6.07) is 2.01. The summed E-state index contributed by atoms with van der Waals surface area (Å²) in [6.07, 6.45) is 5.39. The minimum Gasteiger partial charge on any atom is -0.356 e. The number of hydrogen-bond acceptors (Lipinski definition) is 3. The van der Waals surface area contributed by atoms with Crippen molar-refractivity contribution in [3.63, 3.8) is 0 Å². The number of hydrogen-bond donors (Lipinski definition) is 2. The van der Waals surface area contributed by atoms with Gasteiger partial charge in [0.1, 0.15) is 0 Å². The molecular formula is C16H33IN6. The summed E-state index contributed by atoms with van der Waals surface area (Å²) in [5, 5.41) is 10.8. The first-order valence-corrected chi connectivity index (χ1v) is 8.35. The van der Waals surface area contributed by atoms with Crippen LogP contribution in [0, 0.1) is 0 Å². The van der Waals surface area contributed by atoms with Crippen LogP contribution in [0.1, 0.15) is 38.8 Å². The van der Waals surface area contributed by atoms with Crippen molar-refractivity contribution < 1.29 is 0 Å². The number of aromatic nitrogens is 2. The summed E-state index contributed by atoms with van der Waals surface area (Å²) >= 11 is 0. The van der Waals surface area contributed by atoms with Crippen molar-refractivity contribution in [1.29, 1.82) is 0 Å². The Labute approximate surface area is 158 Å². The third kappa shape index (κ3) is 9.14. The lowest BCUT2D eigenvalue weighted by Crippen LogP contribution is -2.38. The van der Waals surface area contributed by atoms with E-state index in [9.17, 15) is 0 Å². The van der Waals surface area contributed by atoms with Crippen molar-refractivity contribution in [1.82, 2.24) is 25.3 Å². The number of guanidine groups is 1. The average molecular weight is 436 g/mol. The van der Waals surface area contributed by atoms with Crippen molar-refractivity contribution in [2.75, 3.05) is 33.2 Å². The normalized spacial score (nSPS) is 11.4. The van der Waals surface area contributed by atoms with Crippen molar-refractivity contribution in [2.45, 2.75) is 39.7 Å². The van der Waals surface area contributed by atoms with Gasteiger partial charge in [-0.15, -0.1) is 24.0 Å². The molecule has 1 heterocycles. The number of nitrogens with zero attached hydrogens (tertiary/aromatic N) is 4. The molecule has 0 radical (unpaired) electrons. The SMILES string of the molecule is CCCN(CCC)CCCNC(=NC)NCc1ccnn1C.I. The average Bonchev–Trinajstić information content (AvgIpc) is 2.92. The molecule has 0 amide bonds. The number of halogens is 1. The molecule has 0 fully saturated rings. The highest BCUT2D eigenvalue weighted by molar-refractivity contribution is 14.0. The molecule has 0 atom stereocenters. The second-order valence-electron chi connectivity index (χ2n) is 5.49. The number of nitrogens with one attached hydrogen (secondary N) is 2. The van der Waals surface area contributed by atoms with E-state index in [1.165, 1.54) is 25.9 Å². The summed E-state index contributed by atoms with van der Waals surface area (Å²) in [6.45, 7) is 9.69. The Bertz CT molecular complexity index is 426. The van der Waals surface area contributed by atoms with E-state index in [1.807, 2.05) is 24.0 Å². The van der Waals surface area contributed by atoms with Crippen LogP contribution in [-0.2, 0) is 13.6 Å². The molecule has 0 aliphatic carbocycles. The van der Waals surface area contributed by atoms with Gasteiger partial charge in [-0.3, -0.25) is 9.67 Å². The largest absolute Gasteiger partial charge is 0.356 e. The van der Waals surface area contributed by atoms with E-state index >= 15 is 0 Å². The van der Waals surface area contributed by atoms with E-state index < -0.39 is 0 Å². The summed E-state index contributed by atoms with van der Waals surface area (Å²) in [5.41, 5.74) is 1.14. The van der Waals surface area contributed by atoms with Crippen LogP contribution in [0.25, 0.3) is 0 Å². The number of aryl methyl sites for hydroxylation is 1. The molecule has 23 heavy (non-hydrogen) atoms. The standard InChI is InChI=1S/C16H32N6.HI/c1-5-11-22(12-6-2)13-7-9-18-16(17-3)19-14-15-8-10-20-21(15)4;/h8,10H,5-7,9,11-14H2,1-4H3,(H2,17,18,19);1H. The van der Waals surface area contributed by atoms with Crippen LogP contribution >= 0.6 is 24.0 Å². The minimum atomic E-state index is 0.